The van der Waals surface area contributed by atoms with Gasteiger partial charge in [-0.2, -0.15) is 0 Å². The van der Waals surface area contributed by atoms with Crippen LogP contribution >= 0.6 is 0 Å². The van der Waals surface area contributed by atoms with Crippen molar-refractivity contribution >= 4 is 6.03 Å². The van der Waals surface area contributed by atoms with Crippen molar-refractivity contribution in [2.75, 3.05) is 26.2 Å². The van der Waals surface area contributed by atoms with E-state index in [0.29, 0.717) is 18.4 Å². The van der Waals surface area contributed by atoms with Gasteiger partial charge in [-0.1, -0.05) is 49.6 Å². The largest absolute Gasteiger partial charge is 0.396 e. The van der Waals surface area contributed by atoms with E-state index in [1.54, 1.807) is 0 Å². The van der Waals surface area contributed by atoms with Crippen molar-refractivity contribution in [2.24, 2.45) is 5.41 Å². The maximum atomic E-state index is 12.6. The van der Waals surface area contributed by atoms with Gasteiger partial charge in [0, 0.05) is 32.2 Å². The molecular weight excluding hydrogens is 300 g/mol. The molecular formula is C20H30N2O2. The van der Waals surface area contributed by atoms with E-state index in [1.165, 1.54) is 44.1 Å². The zero-order chi connectivity index (χ0) is 16.8. The van der Waals surface area contributed by atoms with Gasteiger partial charge in [-0.15, -0.1) is 0 Å². The van der Waals surface area contributed by atoms with Crippen molar-refractivity contribution in [2.45, 2.75) is 50.9 Å². The lowest BCUT2D eigenvalue weighted by Crippen LogP contribution is -2.41. The summed E-state index contributed by atoms with van der Waals surface area (Å²) < 4.78 is 0. The maximum Gasteiger partial charge on any atom is 0.317 e. The lowest BCUT2D eigenvalue weighted by Gasteiger charge is -2.33. The van der Waals surface area contributed by atoms with E-state index in [4.69, 9.17) is 0 Å². The van der Waals surface area contributed by atoms with Crippen LogP contribution in [-0.2, 0) is 0 Å². The van der Waals surface area contributed by atoms with E-state index in [0.717, 1.165) is 13.1 Å². The molecule has 2 fully saturated rings. The van der Waals surface area contributed by atoms with Crippen LogP contribution in [0, 0.1) is 5.41 Å². The Labute approximate surface area is 145 Å². The van der Waals surface area contributed by atoms with Crippen molar-refractivity contribution in [3.63, 3.8) is 0 Å². The molecule has 1 unspecified atom stereocenters. The van der Waals surface area contributed by atoms with Crippen LogP contribution in [0.15, 0.2) is 30.3 Å². The molecule has 4 heteroatoms. The number of urea groups is 1. The molecule has 1 spiro atoms. The average molecular weight is 330 g/mol. The van der Waals surface area contributed by atoms with E-state index in [2.05, 4.69) is 17.4 Å². The van der Waals surface area contributed by atoms with Crippen LogP contribution < -0.4 is 5.32 Å². The summed E-state index contributed by atoms with van der Waals surface area (Å²) in [6.45, 7) is 2.55. The van der Waals surface area contributed by atoms with E-state index in [-0.39, 0.29) is 18.6 Å². The Bertz CT molecular complexity index is 526. The summed E-state index contributed by atoms with van der Waals surface area (Å²) in [5.41, 5.74) is 1.58. The SMILES string of the molecule is O=C(NCC(CCO)c1ccccc1)N1CCC2(CCCCC2)C1. The fourth-order valence-corrected chi connectivity index (χ4v) is 4.41. The second-order valence-corrected chi connectivity index (χ2v) is 7.54. The number of rotatable bonds is 5. The molecule has 2 aliphatic rings. The molecule has 0 aromatic heterocycles. The highest BCUT2D eigenvalue weighted by atomic mass is 16.3. The Morgan fingerprint density at radius 2 is 1.92 bits per heavy atom. The van der Waals surface area contributed by atoms with Crippen molar-refractivity contribution in [3.05, 3.63) is 35.9 Å². The Balaban J connectivity index is 1.53. The molecule has 2 N–H and O–H groups in total. The Morgan fingerprint density at radius 1 is 1.17 bits per heavy atom. The van der Waals surface area contributed by atoms with Gasteiger partial charge in [-0.3, -0.25) is 0 Å². The van der Waals surface area contributed by atoms with Crippen LogP contribution in [0.5, 0.6) is 0 Å². The molecule has 3 rings (SSSR count). The number of hydrogen-bond donors (Lipinski definition) is 2. The van der Waals surface area contributed by atoms with Crippen molar-refractivity contribution in [3.8, 4) is 0 Å². The predicted molar refractivity (Wildman–Crippen MR) is 96.0 cm³/mol. The van der Waals surface area contributed by atoms with Gasteiger partial charge >= 0.3 is 6.03 Å². The van der Waals surface area contributed by atoms with E-state index in [1.807, 2.05) is 23.1 Å². The average Bonchev–Trinajstić information content (AvgIpc) is 3.03. The van der Waals surface area contributed by atoms with E-state index < -0.39 is 0 Å². The number of carbonyl (C=O) groups excluding carboxylic acids is 1. The molecule has 132 valence electrons. The molecule has 4 nitrogen and oxygen atoms in total. The first kappa shape index (κ1) is 17.3. The fourth-order valence-electron chi connectivity index (χ4n) is 4.41. The van der Waals surface area contributed by atoms with E-state index >= 15 is 0 Å². The third-order valence-corrected chi connectivity index (χ3v) is 5.89. The molecule has 1 saturated heterocycles. The minimum atomic E-state index is 0.0660. The third kappa shape index (κ3) is 4.10. The van der Waals surface area contributed by atoms with Crippen molar-refractivity contribution in [1.29, 1.82) is 0 Å². The number of benzene rings is 1. The number of aliphatic hydroxyl groups is 1. The summed E-state index contributed by atoms with van der Waals surface area (Å²) in [4.78, 5) is 14.6. The molecule has 2 amide bonds. The number of likely N-dealkylation sites (tertiary alicyclic amines) is 1. The summed E-state index contributed by atoms with van der Waals surface area (Å²) >= 11 is 0. The molecule has 1 heterocycles. The third-order valence-electron chi connectivity index (χ3n) is 5.89. The Morgan fingerprint density at radius 3 is 2.62 bits per heavy atom. The number of hydrogen-bond acceptors (Lipinski definition) is 2. The highest BCUT2D eigenvalue weighted by Gasteiger charge is 2.40. The molecule has 1 aliphatic carbocycles. The summed E-state index contributed by atoms with van der Waals surface area (Å²) in [5.74, 6) is 0.173. The molecule has 0 radical (unpaired) electrons. The first-order chi connectivity index (χ1) is 11.7. The second-order valence-electron chi connectivity index (χ2n) is 7.54. The summed E-state index contributed by atoms with van der Waals surface area (Å²) in [5, 5.41) is 12.4. The predicted octanol–water partition coefficient (Wildman–Crippen LogP) is 3.52. The van der Waals surface area contributed by atoms with Gasteiger partial charge < -0.3 is 15.3 Å². The number of nitrogens with zero attached hydrogens (tertiary/aromatic N) is 1. The highest BCUT2D eigenvalue weighted by molar-refractivity contribution is 5.74. The van der Waals surface area contributed by atoms with Crippen molar-refractivity contribution < 1.29 is 9.90 Å². The topological polar surface area (TPSA) is 52.6 Å². The van der Waals surface area contributed by atoms with Crippen LogP contribution in [0.1, 0.15) is 56.4 Å². The molecule has 1 atom stereocenters. The van der Waals surface area contributed by atoms with Crippen molar-refractivity contribution in [1.82, 2.24) is 10.2 Å². The van der Waals surface area contributed by atoms with Crippen LogP contribution in [0.2, 0.25) is 0 Å². The summed E-state index contributed by atoms with van der Waals surface area (Å²) in [6.07, 6.45) is 8.41. The highest BCUT2D eigenvalue weighted by Crippen LogP contribution is 2.43. The van der Waals surface area contributed by atoms with E-state index in [9.17, 15) is 9.90 Å². The normalized spacial score (nSPS) is 21.0. The number of nitrogens with one attached hydrogen (secondary N) is 1. The summed E-state index contributed by atoms with van der Waals surface area (Å²) in [7, 11) is 0. The fraction of sp³-hybridized carbons (Fsp3) is 0.650. The lowest BCUT2D eigenvalue weighted by molar-refractivity contribution is 0.176. The van der Waals surface area contributed by atoms with Gasteiger partial charge in [0.2, 0.25) is 0 Å². The lowest BCUT2D eigenvalue weighted by atomic mass is 9.73. The van der Waals surface area contributed by atoms with Gasteiger partial charge in [0.05, 0.1) is 0 Å². The number of carbonyl (C=O) groups is 1. The molecule has 0 bridgehead atoms. The monoisotopic (exact) mass is 330 g/mol. The second kappa shape index (κ2) is 8.02. The first-order valence-corrected chi connectivity index (χ1v) is 9.41. The first-order valence-electron chi connectivity index (χ1n) is 9.41. The Hall–Kier alpha value is -1.55. The molecule has 1 saturated carbocycles. The molecule has 24 heavy (non-hydrogen) atoms. The molecule has 1 aromatic carbocycles. The van der Waals surface area contributed by atoms with Crippen LogP contribution in [0.4, 0.5) is 4.79 Å². The maximum absolute atomic E-state index is 12.6. The van der Waals surface area contributed by atoms with Crippen LogP contribution in [0.25, 0.3) is 0 Å². The zero-order valence-electron chi connectivity index (χ0n) is 14.5. The standard InChI is InChI=1S/C20H30N2O2/c23-14-9-18(17-7-3-1-4-8-17)15-21-19(24)22-13-12-20(16-22)10-5-2-6-11-20/h1,3-4,7-8,18,23H,2,5-6,9-16H2,(H,21,24). The number of amides is 2. The quantitative estimate of drug-likeness (QED) is 0.868. The van der Waals surface area contributed by atoms with Crippen LogP contribution in [-0.4, -0.2) is 42.3 Å². The van der Waals surface area contributed by atoms with Crippen LogP contribution in [0.3, 0.4) is 0 Å². The summed E-state index contributed by atoms with van der Waals surface area (Å²) in [6, 6.07) is 10.2. The number of aliphatic hydroxyl groups excluding tert-OH is 1. The van der Waals surface area contributed by atoms with Gasteiger partial charge in [0.25, 0.3) is 0 Å². The minimum Gasteiger partial charge on any atom is -0.396 e. The van der Waals surface area contributed by atoms with Gasteiger partial charge in [0.15, 0.2) is 0 Å². The van der Waals surface area contributed by atoms with Gasteiger partial charge in [-0.25, -0.2) is 4.79 Å². The Kier molecular flexibility index (Phi) is 5.77. The minimum absolute atomic E-state index is 0.0660. The molecule has 1 aromatic rings. The van der Waals surface area contributed by atoms with Gasteiger partial charge in [0.1, 0.15) is 0 Å². The zero-order valence-corrected chi connectivity index (χ0v) is 14.5. The smallest absolute Gasteiger partial charge is 0.317 e. The van der Waals surface area contributed by atoms with Gasteiger partial charge in [-0.05, 0) is 36.7 Å². The molecule has 1 aliphatic heterocycles.